The van der Waals surface area contributed by atoms with Gasteiger partial charge in [-0.05, 0) is 31.0 Å². The lowest BCUT2D eigenvalue weighted by atomic mass is 10.1. The first kappa shape index (κ1) is 9.99. The lowest BCUT2D eigenvalue weighted by Crippen LogP contribution is -2.25. The number of nitrogens with two attached hydrogens (primary N) is 1. The summed E-state index contributed by atoms with van der Waals surface area (Å²) in [6.45, 7) is 0. The van der Waals surface area contributed by atoms with Crippen LogP contribution in [0.15, 0.2) is 27.5 Å². The first-order valence-electron chi connectivity index (χ1n) is 5.07. The van der Waals surface area contributed by atoms with Gasteiger partial charge in [0.25, 0.3) is 0 Å². The largest absolute Gasteiger partial charge is 0.345 e. The topological polar surface area (TPSA) is 71.8 Å². The van der Waals surface area contributed by atoms with Gasteiger partial charge in [-0.15, -0.1) is 0 Å². The van der Waals surface area contributed by atoms with Crippen LogP contribution >= 0.6 is 15.9 Å². The molecule has 2 aromatic rings. The average molecular weight is 280 g/mol. The van der Waals surface area contributed by atoms with Crippen molar-refractivity contribution in [3.05, 3.63) is 38.9 Å². The summed E-state index contributed by atoms with van der Waals surface area (Å²) in [5.41, 5.74) is 6.94. The number of aromatic nitrogens is 2. The molecule has 16 heavy (non-hydrogen) atoms. The van der Waals surface area contributed by atoms with Crippen molar-refractivity contribution in [1.29, 1.82) is 0 Å². The van der Waals surface area contributed by atoms with Gasteiger partial charge in [0, 0.05) is 15.6 Å². The highest BCUT2D eigenvalue weighted by molar-refractivity contribution is 9.10. The number of halogens is 1. The van der Waals surface area contributed by atoms with E-state index in [9.17, 15) is 4.79 Å². The van der Waals surface area contributed by atoms with Gasteiger partial charge in [0.1, 0.15) is 0 Å². The Kier molecular flexibility index (Phi) is 1.96. The van der Waals surface area contributed by atoms with Gasteiger partial charge in [-0.2, -0.15) is 4.98 Å². The number of fused-ring (bicyclic) bond motifs is 1. The van der Waals surface area contributed by atoms with E-state index in [2.05, 4.69) is 25.9 Å². The summed E-state index contributed by atoms with van der Waals surface area (Å²) in [6, 6.07) is 5.70. The van der Waals surface area contributed by atoms with Crippen LogP contribution in [0.4, 0.5) is 0 Å². The number of nitrogens with zero attached hydrogens (tertiary/aromatic N) is 1. The van der Waals surface area contributed by atoms with Gasteiger partial charge in [-0.1, -0.05) is 15.9 Å². The average Bonchev–Trinajstić information content (AvgIpc) is 2.96. The first-order chi connectivity index (χ1) is 7.58. The quantitative estimate of drug-likeness (QED) is 0.834. The van der Waals surface area contributed by atoms with Crippen molar-refractivity contribution < 1.29 is 0 Å². The van der Waals surface area contributed by atoms with Crippen molar-refractivity contribution >= 4 is 26.8 Å². The van der Waals surface area contributed by atoms with Crippen LogP contribution < -0.4 is 11.4 Å². The predicted octanol–water partition coefficient (Wildman–Crippen LogP) is 1.63. The highest BCUT2D eigenvalue weighted by Gasteiger charge is 2.42. The summed E-state index contributed by atoms with van der Waals surface area (Å²) in [7, 11) is 0. The highest BCUT2D eigenvalue weighted by atomic mass is 79.9. The van der Waals surface area contributed by atoms with Crippen LogP contribution in [0, 0.1) is 0 Å². The van der Waals surface area contributed by atoms with E-state index in [1.165, 1.54) is 0 Å². The van der Waals surface area contributed by atoms with E-state index in [1.54, 1.807) is 0 Å². The summed E-state index contributed by atoms with van der Waals surface area (Å²) in [5.74, 6) is 0. The van der Waals surface area contributed by atoms with E-state index in [1.807, 2.05) is 18.2 Å². The minimum Gasteiger partial charge on any atom is -0.320 e. The summed E-state index contributed by atoms with van der Waals surface area (Å²) in [5, 5.41) is 0.933. The zero-order valence-electron chi connectivity index (χ0n) is 8.46. The lowest BCUT2D eigenvalue weighted by molar-refractivity contribution is 0.708. The molecule has 1 aromatic carbocycles. The van der Waals surface area contributed by atoms with E-state index >= 15 is 0 Å². The molecule has 0 radical (unpaired) electrons. The third-order valence-electron chi connectivity index (χ3n) is 2.97. The first-order valence-corrected chi connectivity index (χ1v) is 5.87. The molecule has 1 heterocycles. The monoisotopic (exact) mass is 279 g/mol. The molecule has 5 heteroatoms. The molecule has 3 N–H and O–H groups in total. The van der Waals surface area contributed by atoms with Gasteiger partial charge >= 0.3 is 5.69 Å². The summed E-state index contributed by atoms with van der Waals surface area (Å²) < 4.78 is 0.908. The molecular weight excluding hydrogens is 270 g/mol. The van der Waals surface area contributed by atoms with Crippen molar-refractivity contribution in [2.45, 2.75) is 18.4 Å². The highest BCUT2D eigenvalue weighted by Crippen LogP contribution is 2.43. The standard InChI is InChI=1S/C11H10BrN3O/c12-6-1-2-7-8(5-6)14-10(16)15-9(7)11(13)3-4-11/h1-2,5H,3-4,13H2,(H,14,15,16). The maximum Gasteiger partial charge on any atom is 0.345 e. The number of rotatable bonds is 1. The Morgan fingerprint density at radius 2 is 2.19 bits per heavy atom. The molecule has 1 saturated carbocycles. The number of hydrogen-bond donors (Lipinski definition) is 2. The molecule has 1 aliphatic rings. The molecule has 0 saturated heterocycles. The van der Waals surface area contributed by atoms with Crippen LogP contribution in [-0.4, -0.2) is 9.97 Å². The Hall–Kier alpha value is -1.20. The molecule has 0 atom stereocenters. The molecule has 1 fully saturated rings. The number of benzene rings is 1. The van der Waals surface area contributed by atoms with Crippen LogP contribution in [-0.2, 0) is 5.54 Å². The minimum absolute atomic E-state index is 0.336. The maximum absolute atomic E-state index is 11.5. The van der Waals surface area contributed by atoms with Crippen molar-refractivity contribution in [2.75, 3.05) is 0 Å². The molecule has 1 aromatic heterocycles. The fourth-order valence-corrected chi connectivity index (χ4v) is 2.25. The number of H-pyrrole nitrogens is 1. The second-order valence-electron chi connectivity index (χ2n) is 4.23. The summed E-state index contributed by atoms with van der Waals surface area (Å²) in [6.07, 6.45) is 1.83. The second kappa shape index (κ2) is 3.15. The predicted molar refractivity (Wildman–Crippen MR) is 65.2 cm³/mol. The molecular formula is C11H10BrN3O. The van der Waals surface area contributed by atoms with Gasteiger partial charge in [-0.3, -0.25) is 0 Å². The summed E-state index contributed by atoms with van der Waals surface area (Å²) >= 11 is 3.36. The SMILES string of the molecule is NC1(c2[nH]c(=O)nc3cc(Br)ccc23)CC1. The third kappa shape index (κ3) is 1.47. The van der Waals surface area contributed by atoms with Crippen LogP contribution in [0.3, 0.4) is 0 Å². The van der Waals surface area contributed by atoms with E-state index in [-0.39, 0.29) is 11.2 Å². The van der Waals surface area contributed by atoms with Crippen molar-refractivity contribution in [3.8, 4) is 0 Å². The fraction of sp³-hybridized carbons (Fsp3) is 0.273. The Morgan fingerprint density at radius 3 is 2.88 bits per heavy atom. The second-order valence-corrected chi connectivity index (χ2v) is 5.15. The molecule has 1 aliphatic carbocycles. The Labute approximate surface area is 100 Å². The van der Waals surface area contributed by atoms with Crippen molar-refractivity contribution in [2.24, 2.45) is 5.73 Å². The Bertz CT molecular complexity index is 631. The van der Waals surface area contributed by atoms with E-state index < -0.39 is 0 Å². The van der Waals surface area contributed by atoms with E-state index in [0.717, 1.165) is 28.4 Å². The van der Waals surface area contributed by atoms with Gasteiger partial charge in [0.2, 0.25) is 0 Å². The van der Waals surface area contributed by atoms with Crippen molar-refractivity contribution in [1.82, 2.24) is 9.97 Å². The Morgan fingerprint density at radius 1 is 1.44 bits per heavy atom. The molecule has 0 bridgehead atoms. The molecule has 0 spiro atoms. The van der Waals surface area contributed by atoms with E-state index in [0.29, 0.717) is 5.52 Å². The van der Waals surface area contributed by atoms with Gasteiger partial charge in [-0.25, -0.2) is 4.79 Å². The zero-order valence-corrected chi connectivity index (χ0v) is 10.0. The fourth-order valence-electron chi connectivity index (χ4n) is 1.90. The van der Waals surface area contributed by atoms with Crippen LogP contribution in [0.25, 0.3) is 10.9 Å². The lowest BCUT2D eigenvalue weighted by Gasteiger charge is -2.11. The van der Waals surface area contributed by atoms with Crippen LogP contribution in [0.5, 0.6) is 0 Å². The van der Waals surface area contributed by atoms with Crippen molar-refractivity contribution in [3.63, 3.8) is 0 Å². The molecule has 3 rings (SSSR count). The molecule has 82 valence electrons. The smallest absolute Gasteiger partial charge is 0.320 e. The maximum atomic E-state index is 11.5. The van der Waals surface area contributed by atoms with Gasteiger partial charge in [0.15, 0.2) is 0 Å². The number of nitrogens with one attached hydrogen (secondary N) is 1. The van der Waals surface area contributed by atoms with E-state index in [4.69, 9.17) is 5.73 Å². The number of aromatic amines is 1. The molecule has 0 unspecified atom stereocenters. The molecule has 4 nitrogen and oxygen atoms in total. The third-order valence-corrected chi connectivity index (χ3v) is 3.46. The molecule has 0 aliphatic heterocycles. The van der Waals surface area contributed by atoms with Crippen LogP contribution in [0.2, 0.25) is 0 Å². The Balaban J connectivity index is 2.39. The van der Waals surface area contributed by atoms with Gasteiger partial charge < -0.3 is 10.7 Å². The summed E-state index contributed by atoms with van der Waals surface area (Å²) in [4.78, 5) is 18.2. The zero-order chi connectivity index (χ0) is 11.3. The van der Waals surface area contributed by atoms with Gasteiger partial charge in [0.05, 0.1) is 11.1 Å². The van der Waals surface area contributed by atoms with Crippen LogP contribution in [0.1, 0.15) is 18.5 Å². The number of hydrogen-bond acceptors (Lipinski definition) is 3. The normalized spacial score (nSPS) is 17.6. The minimum atomic E-state index is -0.353. The molecule has 0 amide bonds.